The van der Waals surface area contributed by atoms with E-state index in [0.717, 1.165) is 5.56 Å². The van der Waals surface area contributed by atoms with E-state index in [9.17, 15) is 4.79 Å². The average Bonchev–Trinajstić information content (AvgIpc) is 3.41. The lowest BCUT2D eigenvalue weighted by atomic mass is 10.1. The van der Waals surface area contributed by atoms with Crippen LogP contribution in [0.1, 0.15) is 21.7 Å². The molecule has 0 fully saturated rings. The van der Waals surface area contributed by atoms with Crippen LogP contribution in [0.2, 0.25) is 0 Å². The molecule has 0 spiro atoms. The molecule has 1 aromatic heterocycles. The van der Waals surface area contributed by atoms with Crippen molar-refractivity contribution < 1.29 is 18.8 Å². The van der Waals surface area contributed by atoms with Crippen molar-refractivity contribution in [1.29, 1.82) is 0 Å². The van der Waals surface area contributed by atoms with E-state index in [1.807, 2.05) is 78.9 Å². The zero-order valence-electron chi connectivity index (χ0n) is 19.3. The number of carbonyl (C=O) groups excluding carboxylic acids is 1. The number of hydrogen-bond donors (Lipinski definition) is 1. The Hall–Kier alpha value is -4.91. The number of ether oxygens (including phenoxy) is 2. The highest BCUT2D eigenvalue weighted by Crippen LogP contribution is 2.27. The SMILES string of the molecule is O=C(Nc1ccccc1-c1nc(COc2ccccc2)no1)c1ccc(OCc2ccccc2)cc1. The summed E-state index contributed by atoms with van der Waals surface area (Å²) in [6.45, 7) is 0.628. The van der Waals surface area contributed by atoms with Gasteiger partial charge in [-0.1, -0.05) is 65.8 Å². The second-order valence-electron chi connectivity index (χ2n) is 7.92. The van der Waals surface area contributed by atoms with Crippen LogP contribution in [0, 0.1) is 0 Å². The molecule has 7 heteroatoms. The number of benzene rings is 4. The minimum absolute atomic E-state index is 0.167. The maximum absolute atomic E-state index is 12.9. The molecule has 0 aliphatic heterocycles. The summed E-state index contributed by atoms with van der Waals surface area (Å²) in [5.41, 5.74) is 2.75. The van der Waals surface area contributed by atoms with Gasteiger partial charge >= 0.3 is 0 Å². The molecule has 0 radical (unpaired) electrons. The second-order valence-corrected chi connectivity index (χ2v) is 7.92. The van der Waals surface area contributed by atoms with Crippen molar-refractivity contribution in [2.75, 3.05) is 5.32 Å². The Morgan fingerprint density at radius 3 is 2.14 bits per heavy atom. The third-order valence-corrected chi connectivity index (χ3v) is 5.35. The fraction of sp³-hybridized carbons (Fsp3) is 0.0690. The maximum Gasteiger partial charge on any atom is 0.260 e. The molecule has 4 aromatic carbocycles. The predicted molar refractivity (Wildman–Crippen MR) is 136 cm³/mol. The van der Waals surface area contributed by atoms with E-state index in [2.05, 4.69) is 15.5 Å². The standard InChI is InChI=1S/C29H23N3O4/c33-28(22-15-17-24(18-16-22)34-19-21-9-3-1-4-10-21)30-26-14-8-7-13-25(26)29-31-27(32-36-29)20-35-23-11-5-2-6-12-23/h1-18H,19-20H2,(H,30,33). The highest BCUT2D eigenvalue weighted by Gasteiger charge is 2.16. The first kappa shape index (κ1) is 22.9. The lowest BCUT2D eigenvalue weighted by Crippen LogP contribution is -2.12. The van der Waals surface area contributed by atoms with Gasteiger partial charge in [-0.2, -0.15) is 4.98 Å². The van der Waals surface area contributed by atoms with Crippen LogP contribution in [0.5, 0.6) is 11.5 Å². The molecule has 178 valence electrons. The van der Waals surface area contributed by atoms with Gasteiger partial charge in [-0.05, 0) is 54.1 Å². The summed E-state index contributed by atoms with van der Waals surface area (Å²) in [7, 11) is 0. The van der Waals surface area contributed by atoms with E-state index in [-0.39, 0.29) is 12.5 Å². The van der Waals surface area contributed by atoms with Gasteiger partial charge in [-0.3, -0.25) is 4.79 Å². The van der Waals surface area contributed by atoms with E-state index in [0.29, 0.717) is 46.6 Å². The van der Waals surface area contributed by atoms with Crippen molar-refractivity contribution in [3.8, 4) is 23.0 Å². The van der Waals surface area contributed by atoms with Crippen molar-refractivity contribution in [3.63, 3.8) is 0 Å². The number of para-hydroxylation sites is 2. The molecule has 7 nitrogen and oxygen atoms in total. The van der Waals surface area contributed by atoms with Crippen LogP contribution in [0.15, 0.2) is 114 Å². The molecule has 0 atom stereocenters. The van der Waals surface area contributed by atoms with Gasteiger partial charge in [-0.15, -0.1) is 0 Å². The van der Waals surface area contributed by atoms with E-state index >= 15 is 0 Å². The maximum atomic E-state index is 12.9. The zero-order chi connectivity index (χ0) is 24.6. The molecule has 1 N–H and O–H groups in total. The molecule has 5 aromatic rings. The quantitative estimate of drug-likeness (QED) is 0.274. The molecule has 0 saturated heterocycles. The largest absolute Gasteiger partial charge is 0.489 e. The molecular formula is C29H23N3O4. The molecular weight excluding hydrogens is 454 g/mol. The summed E-state index contributed by atoms with van der Waals surface area (Å²) in [5, 5.41) is 6.93. The summed E-state index contributed by atoms with van der Waals surface area (Å²) >= 11 is 0. The van der Waals surface area contributed by atoms with Crippen molar-refractivity contribution in [3.05, 3.63) is 126 Å². The van der Waals surface area contributed by atoms with Crippen molar-refractivity contribution in [2.24, 2.45) is 0 Å². The highest BCUT2D eigenvalue weighted by atomic mass is 16.5. The number of amides is 1. The topological polar surface area (TPSA) is 86.5 Å². The first-order valence-corrected chi connectivity index (χ1v) is 11.4. The number of aromatic nitrogens is 2. The van der Waals surface area contributed by atoms with Crippen LogP contribution in [-0.2, 0) is 13.2 Å². The summed E-state index contributed by atoms with van der Waals surface area (Å²) in [4.78, 5) is 17.3. The average molecular weight is 478 g/mol. The Morgan fingerprint density at radius 1 is 0.722 bits per heavy atom. The zero-order valence-corrected chi connectivity index (χ0v) is 19.3. The Bertz CT molecular complexity index is 1420. The van der Waals surface area contributed by atoms with Gasteiger partial charge in [0.25, 0.3) is 11.8 Å². The molecule has 5 rings (SSSR count). The monoisotopic (exact) mass is 477 g/mol. The Balaban J connectivity index is 1.23. The molecule has 0 aliphatic rings. The van der Waals surface area contributed by atoms with Crippen molar-refractivity contribution in [2.45, 2.75) is 13.2 Å². The summed E-state index contributed by atoms with van der Waals surface area (Å²) in [6.07, 6.45) is 0. The highest BCUT2D eigenvalue weighted by molar-refractivity contribution is 6.06. The normalized spacial score (nSPS) is 10.6. The third kappa shape index (κ3) is 5.77. The number of hydrogen-bond acceptors (Lipinski definition) is 6. The van der Waals surface area contributed by atoms with Gasteiger partial charge in [0.1, 0.15) is 18.1 Å². The first-order chi connectivity index (χ1) is 17.7. The van der Waals surface area contributed by atoms with Crippen molar-refractivity contribution >= 4 is 11.6 Å². The van der Waals surface area contributed by atoms with Crippen molar-refractivity contribution in [1.82, 2.24) is 10.1 Å². The van der Waals surface area contributed by atoms with E-state index in [4.69, 9.17) is 14.0 Å². The van der Waals surface area contributed by atoms with Crippen LogP contribution >= 0.6 is 0 Å². The number of nitrogens with zero attached hydrogens (tertiary/aromatic N) is 2. The Kier molecular flexibility index (Phi) is 6.99. The van der Waals surface area contributed by atoms with Crippen LogP contribution in [0.25, 0.3) is 11.5 Å². The molecule has 36 heavy (non-hydrogen) atoms. The second kappa shape index (κ2) is 11.0. The van der Waals surface area contributed by atoms with Crippen LogP contribution < -0.4 is 14.8 Å². The summed E-state index contributed by atoms with van der Waals surface area (Å²) < 4.78 is 16.9. The minimum atomic E-state index is -0.260. The smallest absolute Gasteiger partial charge is 0.260 e. The lowest BCUT2D eigenvalue weighted by Gasteiger charge is -2.10. The molecule has 0 aliphatic carbocycles. The molecule has 0 saturated carbocycles. The first-order valence-electron chi connectivity index (χ1n) is 11.4. The molecule has 1 amide bonds. The molecule has 0 bridgehead atoms. The minimum Gasteiger partial charge on any atom is -0.489 e. The van der Waals surface area contributed by atoms with Gasteiger partial charge < -0.3 is 19.3 Å². The summed E-state index contributed by atoms with van der Waals surface area (Å²) in [6, 6.07) is 33.6. The fourth-order valence-corrected chi connectivity index (χ4v) is 3.50. The number of carbonyl (C=O) groups is 1. The van der Waals surface area contributed by atoms with Crippen LogP contribution in [0.3, 0.4) is 0 Å². The number of nitrogens with one attached hydrogen (secondary N) is 1. The van der Waals surface area contributed by atoms with E-state index in [1.54, 1.807) is 30.3 Å². The van der Waals surface area contributed by atoms with Gasteiger partial charge in [0.15, 0.2) is 6.61 Å². The molecule has 1 heterocycles. The Labute approximate surface area is 208 Å². The fourth-order valence-electron chi connectivity index (χ4n) is 3.50. The predicted octanol–water partition coefficient (Wildman–Crippen LogP) is 6.15. The van der Waals surface area contributed by atoms with Gasteiger partial charge in [0.05, 0.1) is 11.3 Å². The van der Waals surface area contributed by atoms with Crippen LogP contribution in [-0.4, -0.2) is 16.0 Å². The molecule has 0 unspecified atom stereocenters. The van der Waals surface area contributed by atoms with E-state index < -0.39 is 0 Å². The lowest BCUT2D eigenvalue weighted by molar-refractivity contribution is 0.102. The van der Waals surface area contributed by atoms with E-state index in [1.165, 1.54) is 0 Å². The van der Waals surface area contributed by atoms with Crippen LogP contribution in [0.4, 0.5) is 5.69 Å². The van der Waals surface area contributed by atoms with Gasteiger partial charge in [0.2, 0.25) is 5.82 Å². The number of rotatable bonds is 9. The van der Waals surface area contributed by atoms with Gasteiger partial charge in [-0.25, -0.2) is 0 Å². The Morgan fingerprint density at radius 2 is 1.36 bits per heavy atom. The number of anilines is 1. The van der Waals surface area contributed by atoms with Gasteiger partial charge in [0, 0.05) is 5.56 Å². The summed E-state index contributed by atoms with van der Waals surface area (Å²) in [5.74, 6) is 1.84. The third-order valence-electron chi connectivity index (χ3n) is 5.35.